The summed E-state index contributed by atoms with van der Waals surface area (Å²) in [4.78, 5) is 26.2. The van der Waals surface area contributed by atoms with Crippen LogP contribution in [0.5, 0.6) is 0 Å². The molecule has 2 N–H and O–H groups in total. The summed E-state index contributed by atoms with van der Waals surface area (Å²) in [6, 6.07) is 17.4. The molecule has 1 aliphatic rings. The highest BCUT2D eigenvalue weighted by atomic mass is 16.5. The third-order valence-corrected chi connectivity index (χ3v) is 5.00. The van der Waals surface area contributed by atoms with Gasteiger partial charge in [-0.15, -0.1) is 0 Å². The summed E-state index contributed by atoms with van der Waals surface area (Å²) < 4.78 is 10.9. The number of anilines is 2. The van der Waals surface area contributed by atoms with Gasteiger partial charge in [-0.2, -0.15) is 0 Å². The molecule has 2 atom stereocenters. The molecule has 31 heavy (non-hydrogen) atoms. The van der Waals surface area contributed by atoms with Crippen molar-refractivity contribution in [3.63, 3.8) is 0 Å². The summed E-state index contributed by atoms with van der Waals surface area (Å²) in [6.07, 6.45) is 0.777. The van der Waals surface area contributed by atoms with Gasteiger partial charge in [-0.3, -0.25) is 4.79 Å². The lowest BCUT2D eigenvalue weighted by atomic mass is 10.2. The van der Waals surface area contributed by atoms with Crippen LogP contribution in [0.25, 0.3) is 0 Å². The lowest BCUT2D eigenvalue weighted by molar-refractivity contribution is -0.116. The summed E-state index contributed by atoms with van der Waals surface area (Å²) >= 11 is 0. The lowest BCUT2D eigenvalue weighted by Gasteiger charge is -2.36. The van der Waals surface area contributed by atoms with Crippen LogP contribution in [0, 0.1) is 0 Å². The fourth-order valence-corrected chi connectivity index (χ4v) is 3.58. The van der Waals surface area contributed by atoms with E-state index in [1.807, 2.05) is 54.6 Å². The molecule has 7 nitrogen and oxygen atoms in total. The van der Waals surface area contributed by atoms with E-state index in [0.717, 1.165) is 30.0 Å². The first-order valence-electron chi connectivity index (χ1n) is 10.7. The van der Waals surface area contributed by atoms with Crippen LogP contribution in [-0.4, -0.2) is 43.8 Å². The molecule has 2 unspecified atom stereocenters. The predicted octanol–water partition coefficient (Wildman–Crippen LogP) is 3.95. The molecule has 0 aromatic heterocycles. The molecule has 2 aromatic rings. The number of carbonyl (C=O) groups excluding carboxylic acids is 2. The minimum absolute atomic E-state index is 0.0826. The van der Waals surface area contributed by atoms with Crippen LogP contribution in [0.3, 0.4) is 0 Å². The van der Waals surface area contributed by atoms with E-state index in [9.17, 15) is 9.59 Å². The van der Waals surface area contributed by atoms with E-state index in [0.29, 0.717) is 19.4 Å². The summed E-state index contributed by atoms with van der Waals surface area (Å²) in [6.45, 7) is 6.48. The SMILES string of the molecule is CC1CN(c2ccc(NC(=O)CCCNC(=O)OCc3ccccc3)cc2)CC(C)O1. The molecule has 0 spiro atoms. The molecule has 0 aliphatic carbocycles. The molecule has 0 bridgehead atoms. The minimum atomic E-state index is -0.480. The monoisotopic (exact) mass is 425 g/mol. The van der Waals surface area contributed by atoms with Crippen LogP contribution >= 0.6 is 0 Å². The molecule has 166 valence electrons. The number of hydrogen-bond donors (Lipinski definition) is 2. The van der Waals surface area contributed by atoms with Gasteiger partial charge in [0.15, 0.2) is 0 Å². The van der Waals surface area contributed by atoms with Gasteiger partial charge in [-0.1, -0.05) is 30.3 Å². The van der Waals surface area contributed by atoms with E-state index in [2.05, 4.69) is 29.4 Å². The van der Waals surface area contributed by atoms with E-state index >= 15 is 0 Å². The smallest absolute Gasteiger partial charge is 0.407 e. The molecule has 2 amide bonds. The Hall–Kier alpha value is -3.06. The highest BCUT2D eigenvalue weighted by Gasteiger charge is 2.22. The van der Waals surface area contributed by atoms with Gasteiger partial charge in [0.1, 0.15) is 6.61 Å². The molecule has 1 fully saturated rings. The standard InChI is InChI=1S/C24H31N3O4/c1-18-15-27(16-19(2)31-18)22-12-10-21(11-13-22)26-23(28)9-6-14-25-24(29)30-17-20-7-4-3-5-8-20/h3-5,7-8,10-13,18-19H,6,9,14-17H2,1-2H3,(H,25,29)(H,26,28). The Morgan fingerprint density at radius 3 is 2.39 bits per heavy atom. The van der Waals surface area contributed by atoms with Crippen LogP contribution in [0.1, 0.15) is 32.3 Å². The average Bonchev–Trinajstić information content (AvgIpc) is 2.76. The lowest BCUT2D eigenvalue weighted by Crippen LogP contribution is -2.45. The molecule has 3 rings (SSSR count). The third kappa shape index (κ3) is 7.61. The Morgan fingerprint density at radius 1 is 1.03 bits per heavy atom. The Morgan fingerprint density at radius 2 is 1.71 bits per heavy atom. The maximum absolute atomic E-state index is 12.2. The molecule has 1 heterocycles. The summed E-state index contributed by atoms with van der Waals surface area (Å²) in [5, 5.41) is 5.56. The molecule has 7 heteroatoms. The molecule has 1 saturated heterocycles. The van der Waals surface area contributed by atoms with E-state index in [1.54, 1.807) is 0 Å². The second-order valence-electron chi connectivity index (χ2n) is 7.85. The van der Waals surface area contributed by atoms with Gasteiger partial charge in [0.2, 0.25) is 5.91 Å². The van der Waals surface area contributed by atoms with Crippen molar-refractivity contribution in [1.29, 1.82) is 0 Å². The second-order valence-corrected chi connectivity index (χ2v) is 7.85. The maximum atomic E-state index is 12.2. The normalized spacial score (nSPS) is 18.3. The minimum Gasteiger partial charge on any atom is -0.445 e. The van der Waals surface area contributed by atoms with Crippen molar-refractivity contribution >= 4 is 23.4 Å². The number of carbonyl (C=O) groups is 2. The van der Waals surface area contributed by atoms with Crippen molar-refractivity contribution in [2.75, 3.05) is 29.9 Å². The average molecular weight is 426 g/mol. The van der Waals surface area contributed by atoms with Gasteiger partial charge in [0.25, 0.3) is 0 Å². The van der Waals surface area contributed by atoms with Crippen LogP contribution < -0.4 is 15.5 Å². The van der Waals surface area contributed by atoms with E-state index in [4.69, 9.17) is 9.47 Å². The van der Waals surface area contributed by atoms with Crippen LogP contribution in [0.2, 0.25) is 0 Å². The zero-order valence-corrected chi connectivity index (χ0v) is 18.2. The summed E-state index contributed by atoms with van der Waals surface area (Å²) in [7, 11) is 0. The van der Waals surface area contributed by atoms with E-state index in [1.165, 1.54) is 0 Å². The number of morpholine rings is 1. The Balaban J connectivity index is 1.33. The molecule has 1 aliphatic heterocycles. The van der Waals surface area contributed by atoms with Crippen LogP contribution in [0.4, 0.5) is 16.2 Å². The number of alkyl carbamates (subject to hydrolysis) is 1. The number of rotatable bonds is 8. The molecule has 0 saturated carbocycles. The maximum Gasteiger partial charge on any atom is 0.407 e. The first-order valence-corrected chi connectivity index (χ1v) is 10.7. The van der Waals surface area contributed by atoms with Crippen molar-refractivity contribution < 1.29 is 19.1 Å². The number of nitrogens with zero attached hydrogens (tertiary/aromatic N) is 1. The highest BCUT2D eigenvalue weighted by Crippen LogP contribution is 2.22. The van der Waals surface area contributed by atoms with Gasteiger partial charge in [0.05, 0.1) is 12.2 Å². The van der Waals surface area contributed by atoms with E-state index in [-0.39, 0.29) is 24.7 Å². The Bertz CT molecular complexity index is 832. The van der Waals surface area contributed by atoms with Crippen molar-refractivity contribution in [3.8, 4) is 0 Å². The molecule has 0 radical (unpaired) electrons. The first-order chi connectivity index (χ1) is 15.0. The van der Waals surface area contributed by atoms with Gasteiger partial charge in [0, 0.05) is 37.4 Å². The fraction of sp³-hybridized carbons (Fsp3) is 0.417. The number of benzene rings is 2. The molecular formula is C24H31N3O4. The van der Waals surface area contributed by atoms with Gasteiger partial charge < -0.3 is 25.0 Å². The molecular weight excluding hydrogens is 394 g/mol. The summed E-state index contributed by atoms with van der Waals surface area (Å²) in [5.74, 6) is -0.0826. The number of nitrogens with one attached hydrogen (secondary N) is 2. The molecule has 2 aromatic carbocycles. The van der Waals surface area contributed by atoms with E-state index < -0.39 is 6.09 Å². The fourth-order valence-electron chi connectivity index (χ4n) is 3.58. The first kappa shape index (κ1) is 22.6. The topological polar surface area (TPSA) is 79.9 Å². The predicted molar refractivity (Wildman–Crippen MR) is 121 cm³/mol. The van der Waals surface area contributed by atoms with Crippen molar-refractivity contribution in [2.24, 2.45) is 0 Å². The van der Waals surface area contributed by atoms with Gasteiger partial charge in [-0.05, 0) is 50.1 Å². The Kier molecular flexibility index (Phi) is 8.29. The van der Waals surface area contributed by atoms with Gasteiger partial charge in [-0.25, -0.2) is 4.79 Å². The number of ether oxygens (including phenoxy) is 2. The Labute approximate surface area is 183 Å². The zero-order chi connectivity index (χ0) is 22.1. The quantitative estimate of drug-likeness (QED) is 0.626. The number of amides is 2. The summed E-state index contributed by atoms with van der Waals surface area (Å²) in [5.41, 5.74) is 2.82. The van der Waals surface area contributed by atoms with Crippen LogP contribution in [0.15, 0.2) is 54.6 Å². The van der Waals surface area contributed by atoms with Crippen LogP contribution in [-0.2, 0) is 20.9 Å². The van der Waals surface area contributed by atoms with Crippen molar-refractivity contribution in [2.45, 2.75) is 45.5 Å². The van der Waals surface area contributed by atoms with Crippen molar-refractivity contribution in [3.05, 3.63) is 60.2 Å². The highest BCUT2D eigenvalue weighted by molar-refractivity contribution is 5.90. The third-order valence-electron chi connectivity index (χ3n) is 5.00. The van der Waals surface area contributed by atoms with Crippen molar-refractivity contribution in [1.82, 2.24) is 5.32 Å². The van der Waals surface area contributed by atoms with Gasteiger partial charge >= 0.3 is 6.09 Å². The largest absolute Gasteiger partial charge is 0.445 e. The zero-order valence-electron chi connectivity index (χ0n) is 18.2. The second kappa shape index (κ2) is 11.4. The number of hydrogen-bond acceptors (Lipinski definition) is 5.